The topological polar surface area (TPSA) is 88.0 Å². The van der Waals surface area contributed by atoms with Crippen molar-refractivity contribution in [2.75, 3.05) is 0 Å². The van der Waals surface area contributed by atoms with E-state index in [9.17, 15) is 10.2 Å². The first-order valence-electron chi connectivity index (χ1n) is 8.78. The molecule has 0 aliphatic carbocycles. The van der Waals surface area contributed by atoms with Crippen LogP contribution in [0.4, 0.5) is 0 Å². The van der Waals surface area contributed by atoms with Crippen molar-refractivity contribution in [2.24, 2.45) is 0 Å². The first kappa shape index (κ1) is 18.2. The van der Waals surface area contributed by atoms with Gasteiger partial charge in [-0.05, 0) is 51.5 Å². The summed E-state index contributed by atoms with van der Waals surface area (Å²) in [5.41, 5.74) is 4.23. The second-order valence-corrected chi connectivity index (χ2v) is 6.86. The molecule has 2 aromatic heterocycles. The van der Waals surface area contributed by atoms with Crippen LogP contribution < -0.4 is 5.32 Å². The van der Waals surface area contributed by atoms with Crippen molar-refractivity contribution in [3.63, 3.8) is 0 Å². The lowest BCUT2D eigenvalue weighted by molar-refractivity contribution is -0.709. The van der Waals surface area contributed by atoms with Gasteiger partial charge in [0.15, 0.2) is 5.82 Å². The number of nitrogens with zero attached hydrogens (tertiary/aromatic N) is 2. The number of phenols is 1. The molecule has 138 valence electrons. The molecule has 0 spiro atoms. The summed E-state index contributed by atoms with van der Waals surface area (Å²) in [5.74, 6) is 1.78. The first-order valence-corrected chi connectivity index (χ1v) is 8.78. The number of benzene rings is 1. The van der Waals surface area contributed by atoms with Crippen molar-refractivity contribution in [1.82, 2.24) is 9.72 Å². The summed E-state index contributed by atoms with van der Waals surface area (Å²) in [7, 11) is 0. The molecule has 0 unspecified atom stereocenters. The maximum atomic E-state index is 10.5. The molecule has 0 aliphatic rings. The van der Waals surface area contributed by atoms with Crippen LogP contribution in [-0.4, -0.2) is 26.0 Å². The van der Waals surface area contributed by atoms with Crippen LogP contribution in [0.25, 0.3) is 5.82 Å². The number of aliphatic hydroxyl groups is 1. The third-order valence-corrected chi connectivity index (χ3v) is 4.82. The highest BCUT2D eigenvalue weighted by atomic mass is 16.5. The lowest BCUT2D eigenvalue weighted by Crippen LogP contribution is -2.89. The van der Waals surface area contributed by atoms with Gasteiger partial charge in [-0.15, -0.1) is 0 Å². The number of aromatic hydroxyl groups is 1. The summed E-state index contributed by atoms with van der Waals surface area (Å²) in [6, 6.07) is 10.8. The molecular formula is C20H26N3O3+. The van der Waals surface area contributed by atoms with Gasteiger partial charge in [0.2, 0.25) is 0 Å². The van der Waals surface area contributed by atoms with Gasteiger partial charge in [-0.25, -0.2) is 0 Å². The van der Waals surface area contributed by atoms with Crippen LogP contribution in [-0.2, 0) is 6.54 Å². The summed E-state index contributed by atoms with van der Waals surface area (Å²) in [4.78, 5) is 0. The Bertz CT molecular complexity index is 880. The van der Waals surface area contributed by atoms with E-state index < -0.39 is 6.10 Å². The molecule has 6 heteroatoms. The van der Waals surface area contributed by atoms with Crippen LogP contribution in [0.2, 0.25) is 0 Å². The van der Waals surface area contributed by atoms with Gasteiger partial charge in [0, 0.05) is 23.0 Å². The zero-order valence-corrected chi connectivity index (χ0v) is 15.6. The summed E-state index contributed by atoms with van der Waals surface area (Å²) in [5, 5.41) is 26.1. The van der Waals surface area contributed by atoms with Crippen LogP contribution in [0, 0.1) is 20.8 Å². The molecule has 2 heterocycles. The second kappa shape index (κ2) is 7.35. The molecule has 0 amide bonds. The Hall–Kier alpha value is -2.57. The molecule has 3 aromatic rings. The van der Waals surface area contributed by atoms with Crippen LogP contribution >= 0.6 is 0 Å². The first-order chi connectivity index (χ1) is 12.4. The van der Waals surface area contributed by atoms with E-state index in [0.717, 1.165) is 35.1 Å². The number of nitrogens with two attached hydrogens (primary N) is 1. The third kappa shape index (κ3) is 3.66. The van der Waals surface area contributed by atoms with Crippen LogP contribution in [0.3, 0.4) is 0 Å². The second-order valence-electron chi connectivity index (χ2n) is 6.86. The molecule has 0 saturated heterocycles. The number of phenolic OH excluding ortho intramolecular Hbond substituents is 1. The van der Waals surface area contributed by atoms with Gasteiger partial charge < -0.3 is 20.1 Å². The highest BCUT2D eigenvalue weighted by Crippen LogP contribution is 2.21. The van der Waals surface area contributed by atoms with Gasteiger partial charge in [0.1, 0.15) is 30.2 Å². The predicted molar refractivity (Wildman–Crippen MR) is 98.2 cm³/mol. The molecule has 2 atom stereocenters. The molecule has 0 saturated carbocycles. The lowest BCUT2D eigenvalue weighted by atomic mass is 10.0. The van der Waals surface area contributed by atoms with Gasteiger partial charge >= 0.3 is 0 Å². The molecule has 0 bridgehead atoms. The standard InChI is InChI=1S/C20H25N3O3/c1-12-9-17(15(4)23(12)19-10-13(2)26-22-19)11-21-14(3)20(25)16-5-7-18(24)8-6-16/h5-10,14,20-21,24-25H,11H2,1-4H3/p+1/t14-,20+/m0/s1. The molecule has 1 aromatic carbocycles. The molecule has 0 aliphatic heterocycles. The number of aryl methyl sites for hydroxylation is 2. The van der Waals surface area contributed by atoms with Gasteiger partial charge in [-0.2, -0.15) is 0 Å². The zero-order valence-electron chi connectivity index (χ0n) is 15.6. The van der Waals surface area contributed by atoms with Crippen molar-refractivity contribution in [3.8, 4) is 11.6 Å². The van der Waals surface area contributed by atoms with Crippen molar-refractivity contribution in [3.05, 3.63) is 64.7 Å². The Balaban J connectivity index is 1.70. The minimum absolute atomic E-state index is 0.0168. The summed E-state index contributed by atoms with van der Waals surface area (Å²) >= 11 is 0. The molecule has 26 heavy (non-hydrogen) atoms. The number of hydrogen-bond acceptors (Lipinski definition) is 4. The fourth-order valence-electron chi connectivity index (χ4n) is 3.26. The summed E-state index contributed by atoms with van der Waals surface area (Å²) < 4.78 is 7.28. The fraction of sp³-hybridized carbons (Fsp3) is 0.350. The third-order valence-electron chi connectivity index (χ3n) is 4.82. The SMILES string of the molecule is Cc1cc(-n2c(C)cc(C[NH2+][C@@H](C)[C@@H](O)c3ccc(O)cc3)c2C)no1. The van der Waals surface area contributed by atoms with Gasteiger partial charge in [-0.3, -0.25) is 4.57 Å². The van der Waals surface area contributed by atoms with E-state index in [1.165, 1.54) is 5.56 Å². The Labute approximate surface area is 153 Å². The van der Waals surface area contributed by atoms with Crippen LogP contribution in [0.5, 0.6) is 5.75 Å². The minimum Gasteiger partial charge on any atom is -0.508 e. The highest BCUT2D eigenvalue weighted by molar-refractivity contribution is 5.36. The van der Waals surface area contributed by atoms with E-state index >= 15 is 0 Å². The van der Waals surface area contributed by atoms with E-state index in [1.807, 2.05) is 19.9 Å². The number of aromatic nitrogens is 2. The number of rotatable bonds is 6. The van der Waals surface area contributed by atoms with Crippen molar-refractivity contribution < 1.29 is 20.1 Å². The zero-order chi connectivity index (χ0) is 18.8. The Kier molecular flexibility index (Phi) is 5.15. The van der Waals surface area contributed by atoms with Crippen LogP contribution in [0.1, 0.15) is 41.3 Å². The van der Waals surface area contributed by atoms with Crippen molar-refractivity contribution in [1.29, 1.82) is 0 Å². The summed E-state index contributed by atoms with van der Waals surface area (Å²) in [6.07, 6.45) is -0.600. The average Bonchev–Trinajstić information content (AvgIpc) is 3.15. The van der Waals surface area contributed by atoms with Gasteiger partial charge in [0.25, 0.3) is 0 Å². The maximum absolute atomic E-state index is 10.5. The number of quaternary nitrogens is 1. The molecule has 4 N–H and O–H groups in total. The number of aliphatic hydroxyl groups excluding tert-OH is 1. The smallest absolute Gasteiger partial charge is 0.180 e. The lowest BCUT2D eigenvalue weighted by Gasteiger charge is -2.18. The van der Waals surface area contributed by atoms with Gasteiger partial charge in [0.05, 0.1) is 0 Å². The highest BCUT2D eigenvalue weighted by Gasteiger charge is 2.21. The molecule has 0 fully saturated rings. The van der Waals surface area contributed by atoms with Gasteiger partial charge in [-0.1, -0.05) is 17.3 Å². The Morgan fingerprint density at radius 1 is 1.15 bits per heavy atom. The van der Waals surface area contributed by atoms with Crippen LogP contribution in [0.15, 0.2) is 40.9 Å². The van der Waals surface area contributed by atoms with E-state index in [-0.39, 0.29) is 11.8 Å². The van der Waals surface area contributed by atoms with E-state index in [4.69, 9.17) is 4.52 Å². The average molecular weight is 356 g/mol. The molecule has 0 radical (unpaired) electrons. The Morgan fingerprint density at radius 3 is 2.46 bits per heavy atom. The fourth-order valence-corrected chi connectivity index (χ4v) is 3.26. The van der Waals surface area contributed by atoms with E-state index in [1.54, 1.807) is 24.3 Å². The van der Waals surface area contributed by atoms with E-state index in [2.05, 4.69) is 35.0 Å². The predicted octanol–water partition coefficient (Wildman–Crippen LogP) is 2.28. The number of hydrogen-bond donors (Lipinski definition) is 3. The Morgan fingerprint density at radius 2 is 1.85 bits per heavy atom. The van der Waals surface area contributed by atoms with Crippen molar-refractivity contribution in [2.45, 2.75) is 46.4 Å². The molecule has 6 nitrogen and oxygen atoms in total. The van der Waals surface area contributed by atoms with Crippen molar-refractivity contribution >= 4 is 0 Å². The minimum atomic E-state index is -0.600. The normalized spacial score (nSPS) is 13.7. The maximum Gasteiger partial charge on any atom is 0.180 e. The molecular weight excluding hydrogens is 330 g/mol. The largest absolute Gasteiger partial charge is 0.508 e. The summed E-state index contributed by atoms with van der Waals surface area (Å²) in [6.45, 7) is 8.76. The monoisotopic (exact) mass is 356 g/mol. The quantitative estimate of drug-likeness (QED) is 0.632. The van der Waals surface area contributed by atoms with E-state index in [0.29, 0.717) is 0 Å². The molecule has 3 rings (SSSR count).